The molecule has 0 aliphatic heterocycles. The smallest absolute Gasteiger partial charge is 0.266 e. The van der Waals surface area contributed by atoms with E-state index in [-0.39, 0.29) is 11.4 Å². The van der Waals surface area contributed by atoms with E-state index in [0.29, 0.717) is 5.39 Å². The van der Waals surface area contributed by atoms with Crippen LogP contribution in [0.1, 0.15) is 0 Å². The van der Waals surface area contributed by atoms with E-state index in [2.05, 4.69) is 4.37 Å². The first-order valence-electron chi connectivity index (χ1n) is 3.04. The molecule has 4 heteroatoms. The fraction of sp³-hybridized carbons (Fsp3) is 0. The van der Waals surface area contributed by atoms with Crippen LogP contribution in [-0.2, 0) is 0 Å². The van der Waals surface area contributed by atoms with Gasteiger partial charge in [-0.3, -0.25) is 9.17 Å². The third kappa shape index (κ3) is 0.952. The maximum absolute atomic E-state index is 12.5. The fourth-order valence-corrected chi connectivity index (χ4v) is 1.64. The van der Waals surface area contributed by atoms with Crippen LogP contribution in [0, 0.1) is 5.82 Å². The number of hydrogen-bond donors (Lipinski definition) is 1. The number of H-pyrrole nitrogens is 1. The molecule has 0 radical (unpaired) electrons. The van der Waals surface area contributed by atoms with Crippen LogP contribution in [-0.4, -0.2) is 4.37 Å². The van der Waals surface area contributed by atoms with Crippen molar-refractivity contribution in [3.8, 4) is 0 Å². The number of rotatable bonds is 0. The van der Waals surface area contributed by atoms with E-state index in [0.717, 1.165) is 4.70 Å². The molecule has 0 aliphatic carbocycles. The number of aromatic amines is 1. The van der Waals surface area contributed by atoms with Gasteiger partial charge in [-0.2, -0.15) is 0 Å². The quantitative estimate of drug-likeness (QED) is 0.640. The normalized spacial score (nSPS) is 10.6. The molecule has 11 heavy (non-hydrogen) atoms. The summed E-state index contributed by atoms with van der Waals surface area (Å²) >= 11 is 1.22. The Morgan fingerprint density at radius 3 is 3.09 bits per heavy atom. The maximum atomic E-state index is 12.5. The number of fused-ring (bicyclic) bond motifs is 1. The molecule has 56 valence electrons. The molecule has 0 spiro atoms. The van der Waals surface area contributed by atoms with Crippen molar-refractivity contribution in [2.75, 3.05) is 0 Å². The van der Waals surface area contributed by atoms with Gasteiger partial charge in [0.05, 0.1) is 10.1 Å². The van der Waals surface area contributed by atoms with Crippen LogP contribution in [0.25, 0.3) is 10.1 Å². The zero-order chi connectivity index (χ0) is 7.84. The van der Waals surface area contributed by atoms with Gasteiger partial charge in [0.2, 0.25) is 0 Å². The SMILES string of the molecule is O=c1[nH]sc2ccc(F)cc12. The highest BCUT2D eigenvalue weighted by molar-refractivity contribution is 7.13. The van der Waals surface area contributed by atoms with E-state index in [4.69, 9.17) is 0 Å². The average Bonchev–Trinajstić information content (AvgIpc) is 2.33. The summed E-state index contributed by atoms with van der Waals surface area (Å²) in [4.78, 5) is 10.9. The Hall–Kier alpha value is -1.16. The number of halogens is 1. The van der Waals surface area contributed by atoms with E-state index in [1.165, 1.54) is 23.7 Å². The second kappa shape index (κ2) is 2.17. The lowest BCUT2D eigenvalue weighted by molar-refractivity contribution is 0.630. The van der Waals surface area contributed by atoms with Crippen LogP contribution in [0.15, 0.2) is 23.0 Å². The Bertz CT molecular complexity index is 445. The second-order valence-electron chi connectivity index (χ2n) is 2.17. The first kappa shape index (κ1) is 6.54. The summed E-state index contributed by atoms with van der Waals surface area (Å²) in [6, 6.07) is 4.17. The summed E-state index contributed by atoms with van der Waals surface area (Å²) in [5, 5.41) is 0.426. The summed E-state index contributed by atoms with van der Waals surface area (Å²) in [6.07, 6.45) is 0. The Labute approximate surface area is 65.4 Å². The number of hydrogen-bond acceptors (Lipinski definition) is 2. The summed E-state index contributed by atoms with van der Waals surface area (Å²) < 4.78 is 15.9. The first-order chi connectivity index (χ1) is 5.27. The lowest BCUT2D eigenvalue weighted by Crippen LogP contribution is -1.95. The zero-order valence-corrected chi connectivity index (χ0v) is 6.24. The van der Waals surface area contributed by atoms with Gasteiger partial charge in [-0.25, -0.2) is 4.39 Å². The molecule has 0 bridgehead atoms. The standard InChI is InChI=1S/C7H4FNOS/c8-4-1-2-6-5(3-4)7(10)9-11-6/h1-3H,(H,9,10). The topological polar surface area (TPSA) is 32.9 Å². The van der Waals surface area contributed by atoms with Gasteiger partial charge in [-0.15, -0.1) is 0 Å². The van der Waals surface area contributed by atoms with Crippen molar-refractivity contribution in [3.63, 3.8) is 0 Å². The highest BCUT2D eigenvalue weighted by Gasteiger charge is 2.00. The third-order valence-corrected chi connectivity index (χ3v) is 2.30. The van der Waals surface area contributed by atoms with Gasteiger partial charge in [-0.1, -0.05) is 11.5 Å². The molecule has 0 atom stereocenters. The van der Waals surface area contributed by atoms with Crippen molar-refractivity contribution in [1.82, 2.24) is 4.37 Å². The zero-order valence-electron chi connectivity index (χ0n) is 5.43. The predicted molar refractivity (Wildman–Crippen MR) is 42.4 cm³/mol. The van der Waals surface area contributed by atoms with E-state index in [1.807, 2.05) is 0 Å². The molecule has 1 N–H and O–H groups in total. The van der Waals surface area contributed by atoms with Gasteiger partial charge in [-0.05, 0) is 18.2 Å². The van der Waals surface area contributed by atoms with Crippen molar-refractivity contribution < 1.29 is 4.39 Å². The molecule has 0 saturated carbocycles. The van der Waals surface area contributed by atoms with E-state index in [9.17, 15) is 9.18 Å². The minimum atomic E-state index is -0.374. The second-order valence-corrected chi connectivity index (χ2v) is 3.02. The van der Waals surface area contributed by atoms with Crippen LogP contribution in [0.3, 0.4) is 0 Å². The molecule has 2 aromatic rings. The summed E-state index contributed by atoms with van der Waals surface area (Å²) in [5.74, 6) is -0.374. The lowest BCUT2D eigenvalue weighted by atomic mass is 10.3. The fourth-order valence-electron chi connectivity index (χ4n) is 0.925. The molecular formula is C7H4FNOS. The number of nitrogens with one attached hydrogen (secondary N) is 1. The van der Waals surface area contributed by atoms with Crippen LogP contribution in [0.5, 0.6) is 0 Å². The Balaban J connectivity index is 2.99. The monoisotopic (exact) mass is 169 g/mol. The van der Waals surface area contributed by atoms with Gasteiger partial charge < -0.3 is 0 Å². The molecule has 2 rings (SSSR count). The van der Waals surface area contributed by atoms with Gasteiger partial charge in [0.25, 0.3) is 5.56 Å². The average molecular weight is 169 g/mol. The van der Waals surface area contributed by atoms with Crippen LogP contribution in [0.2, 0.25) is 0 Å². The summed E-state index contributed by atoms with van der Waals surface area (Å²) in [6.45, 7) is 0. The molecule has 0 amide bonds. The van der Waals surface area contributed by atoms with Gasteiger partial charge in [0, 0.05) is 0 Å². The van der Waals surface area contributed by atoms with E-state index < -0.39 is 0 Å². The lowest BCUT2D eigenvalue weighted by Gasteiger charge is -1.84. The number of aromatic nitrogens is 1. The number of benzene rings is 1. The Kier molecular flexibility index (Phi) is 1.29. The predicted octanol–water partition coefficient (Wildman–Crippen LogP) is 1.73. The van der Waals surface area contributed by atoms with Gasteiger partial charge in [0.15, 0.2) is 0 Å². The van der Waals surface area contributed by atoms with Crippen LogP contribution < -0.4 is 5.56 Å². The van der Waals surface area contributed by atoms with Gasteiger partial charge in [0.1, 0.15) is 5.82 Å². The summed E-state index contributed by atoms with van der Waals surface area (Å²) in [5.41, 5.74) is -0.218. The Morgan fingerprint density at radius 1 is 1.45 bits per heavy atom. The molecule has 0 fully saturated rings. The largest absolute Gasteiger partial charge is 0.277 e. The van der Waals surface area contributed by atoms with Crippen molar-refractivity contribution in [2.45, 2.75) is 0 Å². The van der Waals surface area contributed by atoms with Crippen molar-refractivity contribution in [3.05, 3.63) is 34.4 Å². The maximum Gasteiger partial charge on any atom is 0.266 e. The van der Waals surface area contributed by atoms with Crippen LogP contribution >= 0.6 is 11.5 Å². The Morgan fingerprint density at radius 2 is 2.27 bits per heavy atom. The molecular weight excluding hydrogens is 165 g/mol. The molecule has 2 nitrogen and oxygen atoms in total. The molecule has 1 heterocycles. The molecule has 1 aromatic heterocycles. The molecule has 1 aromatic carbocycles. The van der Waals surface area contributed by atoms with Crippen LogP contribution in [0.4, 0.5) is 4.39 Å². The van der Waals surface area contributed by atoms with Crippen molar-refractivity contribution in [1.29, 1.82) is 0 Å². The van der Waals surface area contributed by atoms with E-state index in [1.54, 1.807) is 6.07 Å². The third-order valence-electron chi connectivity index (χ3n) is 1.44. The minimum absolute atomic E-state index is 0.218. The first-order valence-corrected chi connectivity index (χ1v) is 3.86. The molecule has 0 saturated heterocycles. The minimum Gasteiger partial charge on any atom is -0.277 e. The highest BCUT2D eigenvalue weighted by atomic mass is 32.1. The summed E-state index contributed by atoms with van der Waals surface area (Å²) in [7, 11) is 0. The molecule has 0 unspecified atom stereocenters. The van der Waals surface area contributed by atoms with E-state index >= 15 is 0 Å². The highest BCUT2D eigenvalue weighted by Crippen LogP contribution is 2.14. The van der Waals surface area contributed by atoms with Crippen molar-refractivity contribution in [2.24, 2.45) is 0 Å². The molecule has 0 aliphatic rings. The van der Waals surface area contributed by atoms with Gasteiger partial charge >= 0.3 is 0 Å². The van der Waals surface area contributed by atoms with Crippen molar-refractivity contribution >= 4 is 21.6 Å².